The van der Waals surface area contributed by atoms with Crippen LogP contribution in [0.3, 0.4) is 0 Å². The van der Waals surface area contributed by atoms with Crippen LogP contribution in [0.25, 0.3) is 0 Å². The van der Waals surface area contributed by atoms with Gasteiger partial charge in [-0.05, 0) is 11.1 Å². The lowest BCUT2D eigenvalue weighted by atomic mass is 10.1. The van der Waals surface area contributed by atoms with Crippen LogP contribution in [0.1, 0.15) is 25.0 Å². The van der Waals surface area contributed by atoms with Gasteiger partial charge in [-0.15, -0.1) is 0 Å². The third-order valence-corrected chi connectivity index (χ3v) is 3.85. The SMILES string of the molecule is CC(C)C(COCc1ccccc1)/[N+]([O-])=C/Cc1ccccc1. The highest BCUT2D eigenvalue weighted by Gasteiger charge is 2.21. The molecule has 122 valence electrons. The van der Waals surface area contributed by atoms with Gasteiger partial charge in [-0.3, -0.25) is 0 Å². The molecule has 3 nitrogen and oxygen atoms in total. The van der Waals surface area contributed by atoms with Crippen LogP contribution in [0.15, 0.2) is 60.7 Å². The van der Waals surface area contributed by atoms with Gasteiger partial charge in [-0.1, -0.05) is 74.5 Å². The second-order valence-electron chi connectivity index (χ2n) is 6.04. The van der Waals surface area contributed by atoms with E-state index in [9.17, 15) is 5.21 Å². The van der Waals surface area contributed by atoms with E-state index in [-0.39, 0.29) is 12.0 Å². The molecule has 23 heavy (non-hydrogen) atoms. The number of ether oxygens (including phenoxy) is 1. The van der Waals surface area contributed by atoms with Gasteiger partial charge in [0.1, 0.15) is 6.61 Å². The quantitative estimate of drug-likeness (QED) is 0.319. The maximum atomic E-state index is 12.4. The highest BCUT2D eigenvalue weighted by Crippen LogP contribution is 2.09. The molecular weight excluding hydrogens is 286 g/mol. The Labute approximate surface area is 138 Å². The molecule has 0 aromatic heterocycles. The first-order valence-electron chi connectivity index (χ1n) is 8.11. The van der Waals surface area contributed by atoms with Crippen molar-refractivity contribution in [3.05, 3.63) is 77.0 Å². The molecule has 0 amide bonds. The fourth-order valence-corrected chi connectivity index (χ4v) is 2.38. The minimum absolute atomic E-state index is 0.164. The van der Waals surface area contributed by atoms with Crippen LogP contribution in [-0.2, 0) is 17.8 Å². The van der Waals surface area contributed by atoms with Gasteiger partial charge in [-0.25, -0.2) is 4.74 Å². The molecule has 0 radical (unpaired) electrons. The summed E-state index contributed by atoms with van der Waals surface area (Å²) in [4.78, 5) is 0. The van der Waals surface area contributed by atoms with Crippen LogP contribution in [0.4, 0.5) is 0 Å². The summed E-state index contributed by atoms with van der Waals surface area (Å²) in [6, 6.07) is 19.9. The summed E-state index contributed by atoms with van der Waals surface area (Å²) in [6.07, 6.45) is 2.36. The van der Waals surface area contributed by atoms with Crippen molar-refractivity contribution >= 4 is 6.21 Å². The van der Waals surface area contributed by atoms with Crippen LogP contribution in [0, 0.1) is 11.1 Å². The van der Waals surface area contributed by atoms with E-state index in [1.165, 1.54) is 0 Å². The van der Waals surface area contributed by atoms with E-state index in [4.69, 9.17) is 4.74 Å². The Morgan fingerprint density at radius 2 is 1.52 bits per heavy atom. The average Bonchev–Trinajstić information content (AvgIpc) is 2.58. The van der Waals surface area contributed by atoms with Crippen LogP contribution in [0.5, 0.6) is 0 Å². The molecule has 0 heterocycles. The third kappa shape index (κ3) is 5.87. The molecular formula is C20H25NO2. The second-order valence-corrected chi connectivity index (χ2v) is 6.04. The standard InChI is InChI=1S/C20H25NO2/c1-17(2)20(16-23-15-19-11-7-4-8-12-19)21(22)14-13-18-9-5-3-6-10-18/h3-12,14,17,20H,13,15-16H2,1-2H3/b21-14-. The van der Waals surface area contributed by atoms with Crippen molar-refractivity contribution in [3.63, 3.8) is 0 Å². The second kappa shape index (κ2) is 9.11. The molecule has 0 spiro atoms. The fourth-order valence-electron chi connectivity index (χ4n) is 2.38. The van der Waals surface area contributed by atoms with Crippen molar-refractivity contribution in [1.29, 1.82) is 0 Å². The van der Waals surface area contributed by atoms with Crippen molar-refractivity contribution in [2.24, 2.45) is 5.92 Å². The molecule has 0 bridgehead atoms. The number of hydroxylamine groups is 1. The summed E-state index contributed by atoms with van der Waals surface area (Å²) >= 11 is 0. The summed E-state index contributed by atoms with van der Waals surface area (Å²) in [7, 11) is 0. The van der Waals surface area contributed by atoms with Crippen LogP contribution in [0.2, 0.25) is 0 Å². The summed E-state index contributed by atoms with van der Waals surface area (Å²) in [5.41, 5.74) is 2.27. The molecule has 0 fully saturated rings. The molecule has 1 unspecified atom stereocenters. The first-order chi connectivity index (χ1) is 11.2. The van der Waals surface area contributed by atoms with Crippen molar-refractivity contribution in [1.82, 2.24) is 0 Å². The van der Waals surface area contributed by atoms with Gasteiger partial charge in [0, 0.05) is 5.92 Å². The first-order valence-corrected chi connectivity index (χ1v) is 8.11. The normalized spacial score (nSPS) is 13.3. The minimum atomic E-state index is -0.164. The van der Waals surface area contributed by atoms with E-state index in [0.29, 0.717) is 19.6 Å². The van der Waals surface area contributed by atoms with Crippen molar-refractivity contribution in [2.75, 3.05) is 6.61 Å². The number of hydrogen-bond donors (Lipinski definition) is 0. The Balaban J connectivity index is 1.89. The number of rotatable bonds is 8. The molecule has 0 aliphatic carbocycles. The predicted molar refractivity (Wildman–Crippen MR) is 94.6 cm³/mol. The molecule has 0 aliphatic rings. The highest BCUT2D eigenvalue weighted by atomic mass is 16.5. The first kappa shape index (κ1) is 17.2. The smallest absolute Gasteiger partial charge is 0.188 e. The van der Waals surface area contributed by atoms with Crippen LogP contribution >= 0.6 is 0 Å². The lowest BCUT2D eigenvalue weighted by Gasteiger charge is -2.20. The topological polar surface area (TPSA) is 35.3 Å². The van der Waals surface area contributed by atoms with Crippen molar-refractivity contribution in [2.45, 2.75) is 32.9 Å². The monoisotopic (exact) mass is 311 g/mol. The summed E-state index contributed by atoms with van der Waals surface area (Å²) < 4.78 is 6.81. The zero-order valence-corrected chi connectivity index (χ0v) is 13.9. The number of benzene rings is 2. The van der Waals surface area contributed by atoms with Gasteiger partial charge in [0.15, 0.2) is 12.3 Å². The number of nitrogens with zero attached hydrogens (tertiary/aromatic N) is 1. The molecule has 0 N–H and O–H groups in total. The molecule has 0 aliphatic heterocycles. The Hall–Kier alpha value is -2.13. The largest absolute Gasteiger partial charge is 0.624 e. The molecule has 2 aromatic rings. The van der Waals surface area contributed by atoms with E-state index in [0.717, 1.165) is 15.9 Å². The van der Waals surface area contributed by atoms with Gasteiger partial charge in [0.2, 0.25) is 0 Å². The highest BCUT2D eigenvalue weighted by molar-refractivity contribution is 5.56. The van der Waals surface area contributed by atoms with Crippen molar-refractivity contribution in [3.8, 4) is 0 Å². The molecule has 2 aromatic carbocycles. The maximum absolute atomic E-state index is 12.4. The molecule has 2 rings (SSSR count). The summed E-state index contributed by atoms with van der Waals surface area (Å²) in [5, 5.41) is 12.4. The van der Waals surface area contributed by atoms with E-state index >= 15 is 0 Å². The zero-order chi connectivity index (χ0) is 16.5. The lowest BCUT2D eigenvalue weighted by molar-refractivity contribution is -0.511. The predicted octanol–water partition coefficient (Wildman–Crippen LogP) is 4.05. The fraction of sp³-hybridized carbons (Fsp3) is 0.350. The van der Waals surface area contributed by atoms with E-state index in [1.54, 1.807) is 6.21 Å². The van der Waals surface area contributed by atoms with Gasteiger partial charge in [0.05, 0.1) is 13.0 Å². The molecule has 0 saturated heterocycles. The van der Waals surface area contributed by atoms with Gasteiger partial charge in [0.25, 0.3) is 0 Å². The van der Waals surface area contributed by atoms with Crippen molar-refractivity contribution < 1.29 is 9.48 Å². The molecule has 1 atom stereocenters. The summed E-state index contributed by atoms with van der Waals surface area (Å²) in [5.74, 6) is 0.232. The van der Waals surface area contributed by atoms with Gasteiger partial charge in [-0.2, -0.15) is 0 Å². The van der Waals surface area contributed by atoms with Gasteiger partial charge < -0.3 is 9.94 Å². The van der Waals surface area contributed by atoms with E-state index in [2.05, 4.69) is 13.8 Å². The Kier molecular flexibility index (Phi) is 6.82. The van der Waals surface area contributed by atoms with E-state index < -0.39 is 0 Å². The average molecular weight is 311 g/mol. The third-order valence-electron chi connectivity index (χ3n) is 3.85. The summed E-state index contributed by atoms with van der Waals surface area (Å²) in [6.45, 7) is 5.08. The van der Waals surface area contributed by atoms with E-state index in [1.807, 2.05) is 60.7 Å². The molecule has 3 heteroatoms. The number of hydrogen-bond acceptors (Lipinski definition) is 2. The van der Waals surface area contributed by atoms with Crippen LogP contribution in [-0.4, -0.2) is 23.6 Å². The van der Waals surface area contributed by atoms with Crippen LogP contribution < -0.4 is 0 Å². The van der Waals surface area contributed by atoms with Gasteiger partial charge >= 0.3 is 0 Å². The Bertz CT molecular complexity index is 594. The lowest BCUT2D eigenvalue weighted by Crippen LogP contribution is -2.33. The minimum Gasteiger partial charge on any atom is -0.624 e. The Morgan fingerprint density at radius 3 is 2.09 bits per heavy atom. The zero-order valence-electron chi connectivity index (χ0n) is 13.9. The molecule has 0 saturated carbocycles. The maximum Gasteiger partial charge on any atom is 0.188 e. The Morgan fingerprint density at radius 1 is 0.957 bits per heavy atom.